The number of carbonyl (C=O) groups excluding carboxylic acids is 5. The number of nitrogens with two attached hydrogens (primary N) is 1. The summed E-state index contributed by atoms with van der Waals surface area (Å²) in [5, 5.41) is 4.50. The molecule has 1 saturated carbocycles. The van der Waals surface area contributed by atoms with Crippen LogP contribution in [0.5, 0.6) is 0 Å². The number of primary amides is 1. The molecule has 0 aromatic heterocycles. The molecule has 9 heteroatoms. The molecular weight excluding hydrogens is 488 g/mol. The Bertz CT molecular complexity index is 1200. The highest BCUT2D eigenvalue weighted by Crippen LogP contribution is 2.30. The third-order valence-electron chi connectivity index (χ3n) is 6.52. The van der Waals surface area contributed by atoms with Gasteiger partial charge in [0.25, 0.3) is 0 Å². The van der Waals surface area contributed by atoms with Crippen LogP contribution in [0.15, 0.2) is 42.5 Å². The van der Waals surface area contributed by atoms with Crippen LogP contribution in [0.3, 0.4) is 0 Å². The Balaban J connectivity index is 1.63. The fourth-order valence-electron chi connectivity index (χ4n) is 4.73. The first-order valence-corrected chi connectivity index (χ1v) is 12.9. The molecule has 9 nitrogen and oxygen atoms in total. The van der Waals surface area contributed by atoms with E-state index >= 15 is 0 Å². The second-order valence-corrected chi connectivity index (χ2v) is 10.7. The normalized spacial score (nSPS) is 18.3. The Morgan fingerprint density at radius 1 is 0.974 bits per heavy atom. The van der Waals surface area contributed by atoms with Gasteiger partial charge in [-0.1, -0.05) is 55.3 Å². The third kappa shape index (κ3) is 8.13. The van der Waals surface area contributed by atoms with Crippen LogP contribution in [0, 0.1) is 11.8 Å². The van der Waals surface area contributed by atoms with Gasteiger partial charge < -0.3 is 20.5 Å². The summed E-state index contributed by atoms with van der Waals surface area (Å²) in [5.74, 6) is -4.32. The molecule has 3 atom stereocenters. The maximum Gasteiger partial charge on any atom is 0.329 e. The zero-order valence-corrected chi connectivity index (χ0v) is 22.2. The van der Waals surface area contributed by atoms with Gasteiger partial charge in [0, 0.05) is 18.3 Å². The van der Waals surface area contributed by atoms with Gasteiger partial charge in [-0.25, -0.2) is 4.79 Å². The Morgan fingerprint density at radius 2 is 1.63 bits per heavy atom. The highest BCUT2D eigenvalue weighted by molar-refractivity contribution is 5.94. The molecule has 0 heterocycles. The van der Waals surface area contributed by atoms with Crippen molar-refractivity contribution >= 4 is 40.3 Å². The summed E-state index contributed by atoms with van der Waals surface area (Å²) in [4.78, 5) is 62.9. The number of rotatable bonds is 10. The lowest BCUT2D eigenvalue weighted by atomic mass is 9.78. The fourth-order valence-corrected chi connectivity index (χ4v) is 4.73. The summed E-state index contributed by atoms with van der Waals surface area (Å²) < 4.78 is 10.6. The number of ketones is 1. The first kappa shape index (κ1) is 28.8. The molecule has 3 rings (SSSR count). The maximum atomic E-state index is 13.0. The number of amides is 2. The number of Topliss-reactive ketones (excluding diaryl/α,β-unsaturated/α-hetero) is 1. The van der Waals surface area contributed by atoms with Crippen molar-refractivity contribution in [2.24, 2.45) is 17.6 Å². The van der Waals surface area contributed by atoms with E-state index in [-0.39, 0.29) is 6.42 Å². The van der Waals surface area contributed by atoms with Crippen molar-refractivity contribution in [1.29, 1.82) is 0 Å². The largest absolute Gasteiger partial charge is 0.458 e. The van der Waals surface area contributed by atoms with Gasteiger partial charge in [-0.15, -0.1) is 0 Å². The number of benzene rings is 2. The lowest BCUT2D eigenvalue weighted by Gasteiger charge is -2.30. The van der Waals surface area contributed by atoms with Crippen LogP contribution in [0.4, 0.5) is 0 Å². The average molecular weight is 525 g/mol. The van der Waals surface area contributed by atoms with Crippen LogP contribution >= 0.6 is 0 Å². The molecule has 2 aromatic carbocycles. The van der Waals surface area contributed by atoms with Gasteiger partial charge in [0.15, 0.2) is 5.78 Å². The fraction of sp³-hybridized carbons (Fsp3) is 0.483. The minimum Gasteiger partial charge on any atom is -0.458 e. The molecule has 3 N–H and O–H groups in total. The van der Waals surface area contributed by atoms with Crippen molar-refractivity contribution in [3.05, 3.63) is 48.0 Å². The molecule has 1 aliphatic rings. The van der Waals surface area contributed by atoms with E-state index in [1.165, 1.54) is 0 Å². The smallest absolute Gasteiger partial charge is 0.329 e. The summed E-state index contributed by atoms with van der Waals surface area (Å²) in [6.45, 7) is 4.47. The Hall–Kier alpha value is -3.75. The van der Waals surface area contributed by atoms with Gasteiger partial charge in [0.2, 0.25) is 11.8 Å². The SMILES string of the molecule is CC(C)(C)OC(=O)C(CC(=O)COC(=O)Cc1cccc2ccccc12)NC(=O)C1CCCCC1C(N)=O. The summed E-state index contributed by atoms with van der Waals surface area (Å²) >= 11 is 0. The zero-order valence-electron chi connectivity index (χ0n) is 22.2. The van der Waals surface area contributed by atoms with Gasteiger partial charge >= 0.3 is 11.9 Å². The number of hydrogen-bond acceptors (Lipinski definition) is 7. The molecule has 3 unspecified atom stereocenters. The number of ether oxygens (including phenoxy) is 2. The van der Waals surface area contributed by atoms with Crippen molar-refractivity contribution in [1.82, 2.24) is 5.32 Å². The predicted molar refractivity (Wildman–Crippen MR) is 141 cm³/mol. The number of carbonyl (C=O) groups is 5. The van der Waals surface area contributed by atoms with E-state index < -0.39 is 66.0 Å². The van der Waals surface area contributed by atoms with E-state index in [4.69, 9.17) is 15.2 Å². The Kier molecular flexibility index (Phi) is 9.61. The first-order valence-electron chi connectivity index (χ1n) is 12.9. The molecule has 0 saturated heterocycles. The van der Waals surface area contributed by atoms with E-state index in [1.807, 2.05) is 42.5 Å². The molecule has 2 aromatic rings. The van der Waals surface area contributed by atoms with Crippen LogP contribution in [0.2, 0.25) is 0 Å². The second-order valence-electron chi connectivity index (χ2n) is 10.7. The van der Waals surface area contributed by atoms with E-state index in [9.17, 15) is 24.0 Å². The number of nitrogens with one attached hydrogen (secondary N) is 1. The summed E-state index contributed by atoms with van der Waals surface area (Å²) in [5.41, 5.74) is 5.41. The molecule has 2 amide bonds. The van der Waals surface area contributed by atoms with Crippen molar-refractivity contribution in [3.63, 3.8) is 0 Å². The van der Waals surface area contributed by atoms with Crippen molar-refractivity contribution < 1.29 is 33.4 Å². The summed E-state index contributed by atoms with van der Waals surface area (Å²) in [7, 11) is 0. The summed E-state index contributed by atoms with van der Waals surface area (Å²) in [6, 6.07) is 12.0. The first-order chi connectivity index (χ1) is 17.9. The summed E-state index contributed by atoms with van der Waals surface area (Å²) in [6.07, 6.45) is 2.06. The van der Waals surface area contributed by atoms with Crippen molar-refractivity contribution in [2.75, 3.05) is 6.61 Å². The average Bonchev–Trinajstić information content (AvgIpc) is 2.86. The molecule has 0 radical (unpaired) electrons. The molecule has 38 heavy (non-hydrogen) atoms. The standard InChI is InChI=1S/C29H36N2O7/c1-29(2,3)38-28(36)24(31-27(35)23-14-7-6-13-22(23)26(30)34)16-20(32)17-37-25(33)15-19-11-8-10-18-9-4-5-12-21(18)19/h4-5,8-12,22-24H,6-7,13-17H2,1-3H3,(H2,30,34)(H,31,35). The van der Waals surface area contributed by atoms with Crippen molar-refractivity contribution in [2.45, 2.75) is 70.9 Å². The molecule has 1 fully saturated rings. The highest BCUT2D eigenvalue weighted by Gasteiger charge is 2.37. The van der Waals surface area contributed by atoms with E-state index in [0.29, 0.717) is 12.8 Å². The number of hydrogen-bond donors (Lipinski definition) is 2. The maximum absolute atomic E-state index is 13.0. The minimum atomic E-state index is -1.29. The van der Waals surface area contributed by atoms with E-state index in [2.05, 4.69) is 5.32 Å². The van der Waals surface area contributed by atoms with Crippen LogP contribution < -0.4 is 11.1 Å². The van der Waals surface area contributed by atoms with E-state index in [1.54, 1.807) is 20.8 Å². The third-order valence-corrected chi connectivity index (χ3v) is 6.52. The van der Waals surface area contributed by atoms with Crippen LogP contribution in [-0.2, 0) is 39.9 Å². The van der Waals surface area contributed by atoms with Gasteiger partial charge in [-0.05, 0) is 49.9 Å². The molecule has 0 spiro atoms. The highest BCUT2D eigenvalue weighted by atomic mass is 16.6. The minimum absolute atomic E-state index is 0.0168. The lowest BCUT2D eigenvalue weighted by Crippen LogP contribution is -2.50. The van der Waals surface area contributed by atoms with Gasteiger partial charge in [-0.2, -0.15) is 0 Å². The predicted octanol–water partition coefficient (Wildman–Crippen LogP) is 3.00. The van der Waals surface area contributed by atoms with Gasteiger partial charge in [0.05, 0.1) is 6.42 Å². The monoisotopic (exact) mass is 524 g/mol. The molecule has 0 bridgehead atoms. The Labute approximate surface area is 222 Å². The van der Waals surface area contributed by atoms with E-state index in [0.717, 1.165) is 29.2 Å². The van der Waals surface area contributed by atoms with Crippen LogP contribution in [-0.4, -0.2) is 47.8 Å². The van der Waals surface area contributed by atoms with Crippen LogP contribution in [0.25, 0.3) is 10.8 Å². The van der Waals surface area contributed by atoms with Gasteiger partial charge in [-0.3, -0.25) is 19.2 Å². The second kappa shape index (κ2) is 12.7. The topological polar surface area (TPSA) is 142 Å². The quantitative estimate of drug-likeness (QED) is 0.455. The number of fused-ring (bicyclic) bond motifs is 1. The molecule has 1 aliphatic carbocycles. The molecule has 204 valence electrons. The Morgan fingerprint density at radius 3 is 2.32 bits per heavy atom. The van der Waals surface area contributed by atoms with Gasteiger partial charge in [0.1, 0.15) is 18.2 Å². The number of esters is 2. The molecular formula is C29H36N2O7. The van der Waals surface area contributed by atoms with Crippen molar-refractivity contribution in [3.8, 4) is 0 Å². The molecule has 0 aliphatic heterocycles. The lowest BCUT2D eigenvalue weighted by molar-refractivity contribution is -0.160. The van der Waals surface area contributed by atoms with Crippen LogP contribution in [0.1, 0.15) is 58.4 Å². The zero-order chi connectivity index (χ0) is 27.9.